The third-order valence-corrected chi connectivity index (χ3v) is 4.43. The number of amides is 1. The SMILES string of the molecule is C=CCn1c(=O)n(CC=C)c(=O)n(CC(=O)N2CCCCC2C)c1=O. The topological polar surface area (TPSA) is 86.3 Å². The second-order valence-corrected chi connectivity index (χ2v) is 6.16. The monoisotopic (exact) mass is 348 g/mol. The molecule has 0 spiro atoms. The maximum absolute atomic E-state index is 12.6. The molecular weight excluding hydrogens is 324 g/mol. The normalized spacial score (nSPS) is 17.3. The summed E-state index contributed by atoms with van der Waals surface area (Å²) in [5.41, 5.74) is -2.33. The molecule has 0 aromatic carbocycles. The molecule has 1 aromatic rings. The van der Waals surface area contributed by atoms with E-state index in [9.17, 15) is 19.2 Å². The first-order valence-electron chi connectivity index (χ1n) is 8.38. The molecule has 1 atom stereocenters. The number of piperidine rings is 1. The van der Waals surface area contributed by atoms with Crippen molar-refractivity contribution in [2.75, 3.05) is 6.54 Å². The van der Waals surface area contributed by atoms with E-state index >= 15 is 0 Å². The van der Waals surface area contributed by atoms with Gasteiger partial charge in [-0.15, -0.1) is 13.2 Å². The third kappa shape index (κ3) is 3.72. The van der Waals surface area contributed by atoms with Crippen molar-refractivity contribution in [2.45, 2.75) is 51.9 Å². The van der Waals surface area contributed by atoms with E-state index in [1.54, 1.807) is 4.90 Å². The Balaban J connectivity index is 2.49. The lowest BCUT2D eigenvalue weighted by Gasteiger charge is -2.33. The third-order valence-electron chi connectivity index (χ3n) is 4.43. The molecule has 1 aliphatic rings. The first-order chi connectivity index (χ1) is 11.9. The lowest BCUT2D eigenvalue weighted by Crippen LogP contribution is -2.56. The summed E-state index contributed by atoms with van der Waals surface area (Å²) < 4.78 is 2.60. The molecule has 1 fully saturated rings. The Morgan fingerprint density at radius 1 is 1.00 bits per heavy atom. The summed E-state index contributed by atoms with van der Waals surface area (Å²) in [7, 11) is 0. The van der Waals surface area contributed by atoms with Crippen LogP contribution in [0.15, 0.2) is 39.7 Å². The minimum atomic E-state index is -0.798. The average Bonchev–Trinajstić information content (AvgIpc) is 2.59. The van der Waals surface area contributed by atoms with Crippen LogP contribution in [0.3, 0.4) is 0 Å². The predicted octanol–water partition coefficient (Wildman–Crippen LogP) is -0.0553. The molecule has 136 valence electrons. The minimum Gasteiger partial charge on any atom is -0.338 e. The van der Waals surface area contributed by atoms with Gasteiger partial charge in [0.05, 0.1) is 13.1 Å². The summed E-state index contributed by atoms with van der Waals surface area (Å²) in [4.78, 5) is 51.6. The standard InChI is InChI=1S/C17H24N4O4/c1-4-9-19-15(23)20(10-5-2)17(25)21(16(19)24)12-14(22)18-11-7-6-8-13(18)3/h4-5,13H,1-2,6-12H2,3H3. The molecule has 0 aliphatic carbocycles. The van der Waals surface area contributed by atoms with Crippen molar-refractivity contribution in [3.05, 3.63) is 56.8 Å². The van der Waals surface area contributed by atoms with Gasteiger partial charge in [0.15, 0.2) is 0 Å². The number of carbonyl (C=O) groups is 1. The van der Waals surface area contributed by atoms with Crippen LogP contribution in [0.25, 0.3) is 0 Å². The number of hydrogen-bond donors (Lipinski definition) is 0. The summed E-state index contributed by atoms with van der Waals surface area (Å²) >= 11 is 0. The zero-order valence-electron chi connectivity index (χ0n) is 14.5. The van der Waals surface area contributed by atoms with E-state index in [0.29, 0.717) is 6.54 Å². The average molecular weight is 348 g/mol. The van der Waals surface area contributed by atoms with E-state index in [4.69, 9.17) is 0 Å². The molecule has 0 bridgehead atoms. The Morgan fingerprint density at radius 3 is 2.00 bits per heavy atom. The maximum Gasteiger partial charge on any atom is 0.337 e. The molecule has 1 amide bonds. The van der Waals surface area contributed by atoms with Gasteiger partial charge in [-0.3, -0.25) is 4.79 Å². The van der Waals surface area contributed by atoms with Gasteiger partial charge in [-0.2, -0.15) is 0 Å². The van der Waals surface area contributed by atoms with Gasteiger partial charge in [0.2, 0.25) is 5.91 Å². The molecule has 8 heteroatoms. The van der Waals surface area contributed by atoms with Crippen molar-refractivity contribution in [3.8, 4) is 0 Å². The van der Waals surface area contributed by atoms with Crippen LogP contribution in [0.4, 0.5) is 0 Å². The Labute approximate surface area is 145 Å². The van der Waals surface area contributed by atoms with E-state index in [-0.39, 0.29) is 31.6 Å². The first kappa shape index (κ1) is 18.7. The van der Waals surface area contributed by atoms with Crippen molar-refractivity contribution in [3.63, 3.8) is 0 Å². The van der Waals surface area contributed by atoms with Crippen molar-refractivity contribution < 1.29 is 4.79 Å². The van der Waals surface area contributed by atoms with Crippen LogP contribution < -0.4 is 17.1 Å². The second kappa shape index (κ2) is 7.96. The molecule has 1 aliphatic heterocycles. The molecule has 1 aromatic heterocycles. The number of hydrogen-bond acceptors (Lipinski definition) is 4. The van der Waals surface area contributed by atoms with Crippen LogP contribution in [0.1, 0.15) is 26.2 Å². The van der Waals surface area contributed by atoms with Crippen molar-refractivity contribution in [2.24, 2.45) is 0 Å². The second-order valence-electron chi connectivity index (χ2n) is 6.16. The lowest BCUT2D eigenvalue weighted by atomic mass is 10.0. The quantitative estimate of drug-likeness (QED) is 0.674. The van der Waals surface area contributed by atoms with Crippen LogP contribution in [0.5, 0.6) is 0 Å². The number of aromatic nitrogens is 3. The molecule has 0 saturated carbocycles. The van der Waals surface area contributed by atoms with Gasteiger partial charge in [0.1, 0.15) is 6.54 Å². The van der Waals surface area contributed by atoms with Gasteiger partial charge < -0.3 is 4.90 Å². The van der Waals surface area contributed by atoms with Gasteiger partial charge in [-0.05, 0) is 26.2 Å². The van der Waals surface area contributed by atoms with E-state index in [2.05, 4.69) is 13.2 Å². The summed E-state index contributed by atoms with van der Waals surface area (Å²) in [6.07, 6.45) is 5.65. The van der Waals surface area contributed by atoms with E-state index in [1.165, 1.54) is 12.2 Å². The number of allylic oxidation sites excluding steroid dienone is 2. The Bertz CT molecular complexity index is 797. The number of likely N-dealkylation sites (tertiary alicyclic amines) is 1. The Hall–Kier alpha value is -2.64. The predicted molar refractivity (Wildman–Crippen MR) is 94.6 cm³/mol. The van der Waals surface area contributed by atoms with Crippen molar-refractivity contribution >= 4 is 5.91 Å². The fraction of sp³-hybridized carbons (Fsp3) is 0.529. The molecule has 25 heavy (non-hydrogen) atoms. The highest BCUT2D eigenvalue weighted by Crippen LogP contribution is 2.16. The van der Waals surface area contributed by atoms with Gasteiger partial charge in [0, 0.05) is 12.6 Å². The highest BCUT2D eigenvalue weighted by atomic mass is 16.2. The van der Waals surface area contributed by atoms with E-state index in [1.807, 2.05) is 6.92 Å². The number of carbonyl (C=O) groups excluding carboxylic acids is 1. The summed E-state index contributed by atoms with van der Waals surface area (Å²) in [5, 5.41) is 0. The van der Waals surface area contributed by atoms with Crippen LogP contribution in [0, 0.1) is 0 Å². The Kier molecular flexibility index (Phi) is 5.95. The summed E-state index contributed by atoms with van der Waals surface area (Å²) in [5.74, 6) is -0.291. The van der Waals surface area contributed by atoms with Crippen molar-refractivity contribution in [1.29, 1.82) is 0 Å². The zero-order chi connectivity index (χ0) is 18.6. The maximum atomic E-state index is 12.6. The van der Waals surface area contributed by atoms with Crippen LogP contribution in [-0.4, -0.2) is 37.1 Å². The van der Waals surface area contributed by atoms with E-state index < -0.39 is 17.1 Å². The smallest absolute Gasteiger partial charge is 0.337 e. The number of nitrogens with zero attached hydrogens (tertiary/aromatic N) is 4. The summed E-state index contributed by atoms with van der Waals surface area (Å²) in [6.45, 7) is 9.15. The summed E-state index contributed by atoms with van der Waals surface area (Å²) in [6, 6.07) is 0.0754. The molecule has 1 saturated heterocycles. The minimum absolute atomic E-state index is 0.0383. The van der Waals surface area contributed by atoms with Gasteiger partial charge in [0.25, 0.3) is 0 Å². The molecule has 1 unspecified atom stereocenters. The highest BCUT2D eigenvalue weighted by molar-refractivity contribution is 5.76. The highest BCUT2D eigenvalue weighted by Gasteiger charge is 2.25. The van der Waals surface area contributed by atoms with Gasteiger partial charge >= 0.3 is 17.1 Å². The van der Waals surface area contributed by atoms with Crippen LogP contribution in [-0.2, 0) is 24.4 Å². The molecule has 8 nitrogen and oxygen atoms in total. The molecule has 2 heterocycles. The molecule has 0 radical (unpaired) electrons. The zero-order valence-corrected chi connectivity index (χ0v) is 14.5. The van der Waals surface area contributed by atoms with Crippen molar-refractivity contribution in [1.82, 2.24) is 18.6 Å². The fourth-order valence-electron chi connectivity index (χ4n) is 3.08. The van der Waals surface area contributed by atoms with E-state index in [0.717, 1.165) is 33.0 Å². The van der Waals surface area contributed by atoms with Crippen LogP contribution >= 0.6 is 0 Å². The largest absolute Gasteiger partial charge is 0.338 e. The Morgan fingerprint density at radius 2 is 1.52 bits per heavy atom. The van der Waals surface area contributed by atoms with Crippen LogP contribution in [0.2, 0.25) is 0 Å². The first-order valence-corrected chi connectivity index (χ1v) is 8.38. The number of rotatable bonds is 6. The molecule has 2 rings (SSSR count). The lowest BCUT2D eigenvalue weighted by molar-refractivity contribution is -0.135. The van der Waals surface area contributed by atoms with Gasteiger partial charge in [-0.25, -0.2) is 28.1 Å². The van der Waals surface area contributed by atoms with Gasteiger partial charge in [-0.1, -0.05) is 12.2 Å². The molecular formula is C17H24N4O4. The molecule has 0 N–H and O–H groups in total. The fourth-order valence-corrected chi connectivity index (χ4v) is 3.08.